The van der Waals surface area contributed by atoms with Crippen LogP contribution in [0.1, 0.15) is 16.1 Å². The van der Waals surface area contributed by atoms with Gasteiger partial charge in [-0.25, -0.2) is 4.98 Å². The Balaban J connectivity index is 1.75. The minimum absolute atomic E-state index is 0.0817. The van der Waals surface area contributed by atoms with Crippen LogP contribution in [0.25, 0.3) is 0 Å². The van der Waals surface area contributed by atoms with Gasteiger partial charge in [-0.05, 0) is 18.2 Å². The van der Waals surface area contributed by atoms with Crippen LogP contribution in [0.5, 0.6) is 5.88 Å². The number of pyridine rings is 1. The summed E-state index contributed by atoms with van der Waals surface area (Å²) < 4.78 is 45.5. The van der Waals surface area contributed by atoms with Crippen molar-refractivity contribution in [2.75, 3.05) is 13.2 Å². The molecule has 2 amide bonds. The first-order chi connectivity index (χ1) is 11.8. The third kappa shape index (κ3) is 6.53. The van der Waals surface area contributed by atoms with Crippen molar-refractivity contribution in [2.45, 2.75) is 12.7 Å². The molecular weight excluding hydrogens is 343 g/mol. The topological polar surface area (TPSA) is 93.5 Å². The van der Waals surface area contributed by atoms with Crippen molar-refractivity contribution in [3.8, 4) is 5.88 Å². The number of hydrogen-bond donors (Lipinski definition) is 2. The Labute approximate surface area is 140 Å². The van der Waals surface area contributed by atoms with Gasteiger partial charge in [0.25, 0.3) is 5.91 Å². The van der Waals surface area contributed by atoms with E-state index in [1.54, 1.807) is 12.1 Å². The lowest BCUT2D eigenvalue weighted by Crippen LogP contribution is -2.36. The Bertz CT molecular complexity index is 700. The van der Waals surface area contributed by atoms with E-state index >= 15 is 0 Å². The molecule has 0 fully saturated rings. The highest BCUT2D eigenvalue weighted by molar-refractivity contribution is 5.96. The molecular formula is C15H14F3N3O4. The summed E-state index contributed by atoms with van der Waals surface area (Å²) in [6, 6.07) is 5.75. The van der Waals surface area contributed by atoms with Crippen LogP contribution in [0.4, 0.5) is 13.2 Å². The van der Waals surface area contributed by atoms with Crippen molar-refractivity contribution in [3.63, 3.8) is 0 Å². The highest BCUT2D eigenvalue weighted by atomic mass is 19.4. The molecule has 0 radical (unpaired) electrons. The number of nitrogens with one attached hydrogen (secondary N) is 2. The zero-order valence-electron chi connectivity index (χ0n) is 12.8. The summed E-state index contributed by atoms with van der Waals surface area (Å²) in [5.74, 6) is -0.714. The number of carbonyl (C=O) groups is 2. The fourth-order valence-electron chi connectivity index (χ4n) is 1.68. The van der Waals surface area contributed by atoms with E-state index in [1.165, 1.54) is 12.3 Å². The molecule has 2 rings (SSSR count). The number of aromatic nitrogens is 1. The second-order valence-corrected chi connectivity index (χ2v) is 4.83. The predicted octanol–water partition coefficient (Wildman–Crippen LogP) is 1.66. The lowest BCUT2D eigenvalue weighted by Gasteiger charge is -2.09. The predicted molar refractivity (Wildman–Crippen MR) is 78.7 cm³/mol. The minimum atomic E-state index is -4.47. The van der Waals surface area contributed by atoms with Gasteiger partial charge in [-0.15, -0.1) is 0 Å². The number of furan rings is 1. The molecule has 10 heteroatoms. The van der Waals surface area contributed by atoms with Gasteiger partial charge in [-0.1, -0.05) is 0 Å². The number of nitrogens with zero attached hydrogens (tertiary/aromatic N) is 1. The molecule has 134 valence electrons. The van der Waals surface area contributed by atoms with E-state index in [0.29, 0.717) is 5.76 Å². The molecule has 0 aromatic carbocycles. The molecule has 2 aromatic rings. The average molecular weight is 357 g/mol. The molecule has 0 saturated heterocycles. The summed E-state index contributed by atoms with van der Waals surface area (Å²) in [5.41, 5.74) is 0.0817. The largest absolute Gasteiger partial charge is 0.468 e. The van der Waals surface area contributed by atoms with Gasteiger partial charge < -0.3 is 19.8 Å². The number of halogens is 3. The standard InChI is InChI=1S/C15H14F3N3O4/c16-15(17,18)9-25-13-4-3-10(6-20-13)14(23)21-8-12(22)19-7-11-2-1-5-24-11/h1-6H,7-9H2,(H,19,22)(H,21,23). The van der Waals surface area contributed by atoms with Gasteiger partial charge in [0.15, 0.2) is 6.61 Å². The number of alkyl halides is 3. The van der Waals surface area contributed by atoms with Crippen LogP contribution < -0.4 is 15.4 Å². The molecule has 2 aromatic heterocycles. The van der Waals surface area contributed by atoms with Gasteiger partial charge in [-0.3, -0.25) is 9.59 Å². The SMILES string of the molecule is O=C(CNC(=O)c1ccc(OCC(F)(F)F)nc1)NCc1ccco1. The maximum absolute atomic E-state index is 12.0. The van der Waals surface area contributed by atoms with Gasteiger partial charge in [0.2, 0.25) is 11.8 Å². The second kappa shape index (κ2) is 8.18. The van der Waals surface area contributed by atoms with Crippen LogP contribution in [-0.2, 0) is 11.3 Å². The first-order valence-electron chi connectivity index (χ1n) is 7.06. The Morgan fingerprint density at radius 1 is 1.20 bits per heavy atom. The first-order valence-corrected chi connectivity index (χ1v) is 7.06. The maximum Gasteiger partial charge on any atom is 0.422 e. The van der Waals surface area contributed by atoms with Crippen LogP contribution in [0.2, 0.25) is 0 Å². The quantitative estimate of drug-likeness (QED) is 0.786. The monoisotopic (exact) mass is 357 g/mol. The van der Waals surface area contributed by atoms with Crippen LogP contribution in [0.3, 0.4) is 0 Å². The van der Waals surface area contributed by atoms with Crippen molar-refractivity contribution in [2.24, 2.45) is 0 Å². The lowest BCUT2D eigenvalue weighted by atomic mass is 10.2. The molecule has 0 spiro atoms. The number of rotatable bonds is 7. The van der Waals surface area contributed by atoms with Crippen LogP contribution in [-0.4, -0.2) is 36.1 Å². The summed E-state index contributed by atoms with van der Waals surface area (Å²) >= 11 is 0. The fourth-order valence-corrected chi connectivity index (χ4v) is 1.68. The van der Waals surface area contributed by atoms with Crippen molar-refractivity contribution in [1.82, 2.24) is 15.6 Å². The van der Waals surface area contributed by atoms with E-state index in [9.17, 15) is 22.8 Å². The molecule has 0 aliphatic rings. The average Bonchev–Trinajstić information content (AvgIpc) is 3.09. The smallest absolute Gasteiger partial charge is 0.422 e. The second-order valence-electron chi connectivity index (χ2n) is 4.83. The van der Waals surface area contributed by atoms with Crippen LogP contribution in [0.15, 0.2) is 41.1 Å². The van der Waals surface area contributed by atoms with E-state index in [2.05, 4.69) is 20.4 Å². The summed E-state index contributed by atoms with van der Waals surface area (Å²) in [4.78, 5) is 27.0. The molecule has 2 heterocycles. The molecule has 0 aliphatic carbocycles. The summed E-state index contributed by atoms with van der Waals surface area (Å²) in [6.45, 7) is -1.55. The summed E-state index contributed by atoms with van der Waals surface area (Å²) in [6.07, 6.45) is -1.94. The van der Waals surface area contributed by atoms with E-state index in [0.717, 1.165) is 12.3 Å². The number of hydrogen-bond acceptors (Lipinski definition) is 5. The molecule has 25 heavy (non-hydrogen) atoms. The highest BCUT2D eigenvalue weighted by Crippen LogP contribution is 2.16. The van der Waals surface area contributed by atoms with E-state index in [1.807, 2.05) is 0 Å². The molecule has 0 unspecified atom stereocenters. The van der Waals surface area contributed by atoms with Gasteiger partial charge in [0.1, 0.15) is 5.76 Å². The summed E-state index contributed by atoms with van der Waals surface area (Å²) in [5, 5.41) is 4.90. The molecule has 0 aliphatic heterocycles. The molecule has 0 bridgehead atoms. The van der Waals surface area contributed by atoms with Crippen molar-refractivity contribution < 1.29 is 31.9 Å². The zero-order valence-corrected chi connectivity index (χ0v) is 12.8. The first kappa shape index (κ1) is 18.3. The molecule has 0 saturated carbocycles. The highest BCUT2D eigenvalue weighted by Gasteiger charge is 2.28. The number of ether oxygens (including phenoxy) is 1. The number of carbonyl (C=O) groups excluding carboxylic acids is 2. The zero-order chi connectivity index (χ0) is 18.3. The number of amides is 2. The molecule has 7 nitrogen and oxygen atoms in total. The normalized spacial score (nSPS) is 11.0. The van der Waals surface area contributed by atoms with Crippen LogP contribution in [0, 0.1) is 0 Å². The van der Waals surface area contributed by atoms with Crippen molar-refractivity contribution in [3.05, 3.63) is 48.0 Å². The Morgan fingerprint density at radius 3 is 2.60 bits per heavy atom. The Hall–Kier alpha value is -3.04. The van der Waals surface area contributed by atoms with Gasteiger partial charge in [-0.2, -0.15) is 13.2 Å². The van der Waals surface area contributed by atoms with Gasteiger partial charge >= 0.3 is 6.18 Å². The van der Waals surface area contributed by atoms with Crippen molar-refractivity contribution in [1.29, 1.82) is 0 Å². The molecule has 2 N–H and O–H groups in total. The van der Waals surface area contributed by atoms with Gasteiger partial charge in [0.05, 0.1) is 24.9 Å². The van der Waals surface area contributed by atoms with E-state index < -0.39 is 24.6 Å². The van der Waals surface area contributed by atoms with E-state index in [-0.39, 0.29) is 24.5 Å². The fraction of sp³-hybridized carbons (Fsp3) is 0.267. The van der Waals surface area contributed by atoms with Gasteiger partial charge in [0, 0.05) is 12.3 Å². The van der Waals surface area contributed by atoms with Crippen molar-refractivity contribution >= 4 is 11.8 Å². The van der Waals surface area contributed by atoms with Crippen LogP contribution >= 0.6 is 0 Å². The Morgan fingerprint density at radius 2 is 2.00 bits per heavy atom. The molecule has 0 atom stereocenters. The summed E-state index contributed by atoms with van der Waals surface area (Å²) in [7, 11) is 0. The third-order valence-corrected chi connectivity index (χ3v) is 2.83. The lowest BCUT2D eigenvalue weighted by molar-refractivity contribution is -0.154. The Kier molecular flexibility index (Phi) is 5.98. The van der Waals surface area contributed by atoms with E-state index in [4.69, 9.17) is 4.42 Å². The maximum atomic E-state index is 12.0. The minimum Gasteiger partial charge on any atom is -0.468 e. The third-order valence-electron chi connectivity index (χ3n) is 2.83.